The highest BCUT2D eigenvalue weighted by Gasteiger charge is 2.50. The van der Waals surface area contributed by atoms with Gasteiger partial charge in [0.15, 0.2) is 5.78 Å². The minimum absolute atomic E-state index is 0.000642. The molecule has 4 aromatic carbocycles. The lowest BCUT2D eigenvalue weighted by atomic mass is 9.88. The van der Waals surface area contributed by atoms with Crippen LogP contribution in [0.1, 0.15) is 118 Å². The third kappa shape index (κ3) is 25.9. The molecule has 0 saturated carbocycles. The SMILES string of the molecule is COc1ccc(C[C@@H]2NC(=O)[C@H]([C@@H](C)O)NC(=O)[C@@H]3[C@@H]4CCN3C(=O)[C@H]3CC(=O)[C@H](Cc5cccc(c5)CNC(=O)CO4)NC(=O)[C@@H](CNC(=O)CCOCCOCC[N+](C)(C)C)NC(=O)[C@H](C)NC(=O)CCC(=O)CCc4ccc(cc4OCCCCn4cc(c5cc(F)ccc54)C3)CCNC(=O)[C@]3(C)CCCN3C2=O)cc1.O=CO. The quantitative estimate of drug-likeness (QED) is 0.0407. The highest BCUT2D eigenvalue weighted by atomic mass is 19.1. The zero-order chi connectivity index (χ0) is 84.5. The fourth-order valence-corrected chi connectivity index (χ4v) is 15.1. The number of halogens is 1. The molecule has 1 aromatic heterocycles. The van der Waals surface area contributed by atoms with Crippen LogP contribution in [0.25, 0.3) is 10.9 Å². The number of hydrogen-bond donors (Lipinski definition) is 10. The highest BCUT2D eigenvalue weighted by Crippen LogP contribution is 2.34. The molecule has 0 unspecified atom stereocenters. The number of methoxy groups -OCH3 is 1. The molecule has 2 fully saturated rings. The van der Waals surface area contributed by atoms with Crippen molar-refractivity contribution in [3.63, 3.8) is 0 Å². The first kappa shape index (κ1) is 90.2. The number of likely N-dealkylation sites (N-methyl/N-ethyl adjacent to an activating group) is 1. The molecular weight excluding hydrogens is 1520 g/mol. The Kier molecular flexibility index (Phi) is 33.1. The second-order valence-electron chi connectivity index (χ2n) is 31.6. The number of ether oxygens (including phenoxy) is 5. The second-order valence-corrected chi connectivity index (χ2v) is 31.6. The van der Waals surface area contributed by atoms with Gasteiger partial charge in [-0.2, -0.15) is 0 Å². The number of carbonyl (C=O) groups is 13. The molecule has 10 amide bonds. The average molecular weight is 1630 g/mol. The number of nitrogens with one attached hydrogen (secondary N) is 8. The van der Waals surface area contributed by atoms with Crippen LogP contribution in [0.4, 0.5) is 4.39 Å². The van der Waals surface area contributed by atoms with Gasteiger partial charge in [-0.1, -0.05) is 48.5 Å². The zero-order valence-electron chi connectivity index (χ0n) is 67.6. The third-order valence-electron chi connectivity index (χ3n) is 21.7. The van der Waals surface area contributed by atoms with Crippen LogP contribution in [0.3, 0.4) is 0 Å². The lowest BCUT2D eigenvalue weighted by molar-refractivity contribution is -0.870. The standard InChI is InChI=1S/C83H109FN12O18.CH2O2/c1-51-76(103)91-66(48-87-71(100)28-36-111-38-39-112-37-34-96(4,5)6)77(104)89-64-42-55-12-10-13-56(40-55)47-86-73(102)50-114-69-27-33-94-75(69)79(106)92-74(52(2)97)78(105)90-65(41-53-15-22-62(110-7)23-16-53)81(108)95-32-11-29-83(95,3)82(109)85-30-26-54-14-17-57(18-20-61(98)21-25-72(101)88-51)70(43-54)113-35-9-8-31-93-49-59(44-58(80(94)107)45-68(64)99)63-46-60(84)19-24-67(63)93;2-1-3/h10,12-17,19,22-24,40,43,46,49,51-52,58,64-66,69,74-75,97H,8-9,11,18,20-21,25-39,41-42,44-45,47-48,50H2,1-7H3,(H7-,85,86,87,88,89,90,91,92,100,101,102,103,104,105,106,109);1H,(H,2,3)/p+1/t51-,52+,58+,64-,65-,66+,69-,74-,75-,83-;/m0./s1. The summed E-state index contributed by atoms with van der Waals surface area (Å²) in [7, 11) is 7.60. The highest BCUT2D eigenvalue weighted by molar-refractivity contribution is 6.00. The molecular formula is C84H112FN12O20+. The number of nitrogens with zero attached hydrogens (tertiary/aromatic N) is 4. The summed E-state index contributed by atoms with van der Waals surface area (Å²) >= 11 is 0. The Bertz CT molecular complexity index is 4360. The van der Waals surface area contributed by atoms with Crippen LogP contribution in [0, 0.1) is 11.7 Å². The molecule has 32 nitrogen and oxygen atoms in total. The molecule has 11 bridgehead atoms. The zero-order valence-corrected chi connectivity index (χ0v) is 67.6. The Hall–Kier alpha value is -10.7. The number of aryl methyl sites for hydroxylation is 2. The number of amides is 10. The molecule has 2 saturated heterocycles. The number of benzene rings is 4. The van der Waals surface area contributed by atoms with Crippen molar-refractivity contribution < 1.29 is 105 Å². The number of aromatic nitrogens is 1. The number of hydrogen-bond acceptors (Lipinski definition) is 19. The van der Waals surface area contributed by atoms with Gasteiger partial charge in [-0.15, -0.1) is 0 Å². The molecule has 117 heavy (non-hydrogen) atoms. The van der Waals surface area contributed by atoms with E-state index in [9.17, 15) is 33.9 Å². The van der Waals surface area contributed by atoms with E-state index in [2.05, 4.69) is 42.5 Å². The summed E-state index contributed by atoms with van der Waals surface area (Å²) in [5, 5.41) is 41.0. The van der Waals surface area contributed by atoms with Crippen LogP contribution in [0.5, 0.6) is 11.5 Å². The Morgan fingerprint density at radius 2 is 1.46 bits per heavy atom. The van der Waals surface area contributed by atoms with Gasteiger partial charge >= 0.3 is 0 Å². The molecule has 0 radical (unpaired) electrons. The minimum atomic E-state index is -1.85. The normalized spacial score (nSPS) is 24.0. The summed E-state index contributed by atoms with van der Waals surface area (Å²) in [6.45, 7) is 4.94. The van der Waals surface area contributed by atoms with Crippen LogP contribution in [-0.4, -0.2) is 261 Å². The summed E-state index contributed by atoms with van der Waals surface area (Å²) in [4.78, 5) is 189. The first-order valence-corrected chi connectivity index (χ1v) is 40.0. The maximum absolute atomic E-state index is 16.3. The number of carboxylic acid groups (broad SMARTS) is 1. The fourth-order valence-electron chi connectivity index (χ4n) is 15.1. The van der Waals surface area contributed by atoms with E-state index in [4.69, 9.17) is 33.6 Å². The van der Waals surface area contributed by atoms with Gasteiger partial charge in [-0.25, -0.2) is 4.39 Å². The topological polar surface area (TPSA) is 416 Å². The summed E-state index contributed by atoms with van der Waals surface area (Å²) in [5.41, 5.74) is 2.57. The maximum atomic E-state index is 16.3. The summed E-state index contributed by atoms with van der Waals surface area (Å²) in [6.07, 6.45) is -1.22. The van der Waals surface area contributed by atoms with Crippen LogP contribution >= 0.6 is 0 Å². The monoisotopic (exact) mass is 1630 g/mol. The molecule has 5 aliphatic heterocycles. The van der Waals surface area contributed by atoms with E-state index in [0.717, 1.165) is 12.1 Å². The van der Waals surface area contributed by atoms with Gasteiger partial charge in [0.05, 0.1) is 79.5 Å². The van der Waals surface area contributed by atoms with Crippen molar-refractivity contribution in [1.82, 2.24) is 56.9 Å². The molecule has 10 rings (SSSR count). The molecule has 10 N–H and O–H groups in total. The van der Waals surface area contributed by atoms with Gasteiger partial charge in [0.2, 0.25) is 59.1 Å². The molecule has 33 heteroatoms. The van der Waals surface area contributed by atoms with Crippen LogP contribution in [0.2, 0.25) is 0 Å². The lowest BCUT2D eigenvalue weighted by Crippen LogP contribution is -2.63. The second kappa shape index (κ2) is 42.9. The summed E-state index contributed by atoms with van der Waals surface area (Å²) in [5.74, 6) is -9.84. The summed E-state index contributed by atoms with van der Waals surface area (Å²) in [6, 6.07) is 13.8. The number of carbonyl (C=O) groups excluding carboxylic acids is 12. The average Bonchev–Trinajstić information content (AvgIpc) is 1.65. The van der Waals surface area contributed by atoms with Crippen LogP contribution < -0.4 is 52.0 Å². The van der Waals surface area contributed by atoms with E-state index in [1.54, 1.807) is 67.7 Å². The van der Waals surface area contributed by atoms with E-state index in [-0.39, 0.29) is 129 Å². The first-order chi connectivity index (χ1) is 55.9. The number of rotatable bonds is 15. The molecule has 10 atom stereocenters. The van der Waals surface area contributed by atoms with Crippen molar-refractivity contribution in [3.05, 3.63) is 130 Å². The summed E-state index contributed by atoms with van der Waals surface area (Å²) < 4.78 is 48.1. The van der Waals surface area contributed by atoms with Crippen molar-refractivity contribution in [2.75, 3.05) is 101 Å². The van der Waals surface area contributed by atoms with Gasteiger partial charge in [-0.05, 0) is 148 Å². The van der Waals surface area contributed by atoms with E-state index < -0.39 is 150 Å². The smallest absolute Gasteiger partial charge is 0.290 e. The number of quaternary nitrogens is 1. The van der Waals surface area contributed by atoms with Crippen molar-refractivity contribution >= 4 is 88.0 Å². The lowest BCUT2D eigenvalue weighted by Gasteiger charge is -2.37. The molecule has 6 heterocycles. The Morgan fingerprint density at radius 1 is 0.726 bits per heavy atom. The third-order valence-corrected chi connectivity index (χ3v) is 21.7. The number of fused-ring (bicyclic) bond motifs is 11. The molecule has 0 spiro atoms. The fraction of sp³-hybridized carbons (Fsp3) is 0.536. The molecule has 0 aliphatic carbocycles. The van der Waals surface area contributed by atoms with E-state index in [0.29, 0.717) is 93.5 Å². The van der Waals surface area contributed by atoms with E-state index in [1.165, 1.54) is 42.9 Å². The Morgan fingerprint density at radius 3 is 2.21 bits per heavy atom. The van der Waals surface area contributed by atoms with E-state index >= 15 is 33.2 Å². The predicted molar refractivity (Wildman–Crippen MR) is 425 cm³/mol. The van der Waals surface area contributed by atoms with Crippen molar-refractivity contribution in [2.45, 2.75) is 184 Å². The number of aliphatic hydroxyl groups is 1. The first-order valence-electron chi connectivity index (χ1n) is 40.0. The van der Waals surface area contributed by atoms with E-state index in [1.807, 2.05) is 43.9 Å². The van der Waals surface area contributed by atoms with Gasteiger partial charge in [0, 0.05) is 101 Å². The number of Topliss-reactive ketones (excluding diaryl/α,β-unsaturated/α-hetero) is 2. The Balaban J connectivity index is 0.00000513. The van der Waals surface area contributed by atoms with Crippen LogP contribution in [-0.2, 0) is 122 Å². The van der Waals surface area contributed by atoms with Crippen molar-refractivity contribution in [2.24, 2.45) is 5.92 Å². The molecule has 5 aromatic rings. The van der Waals surface area contributed by atoms with Crippen molar-refractivity contribution in [1.29, 1.82) is 0 Å². The van der Waals surface area contributed by atoms with Crippen molar-refractivity contribution in [3.8, 4) is 11.5 Å². The van der Waals surface area contributed by atoms with Gasteiger partial charge < -0.3 is 95.3 Å². The van der Waals surface area contributed by atoms with Gasteiger partial charge in [-0.3, -0.25) is 62.3 Å². The predicted octanol–water partition coefficient (Wildman–Crippen LogP) is 1.99. The number of ketones is 2. The number of aliphatic hydroxyl groups excluding tert-OH is 1. The largest absolute Gasteiger partial charge is 0.497 e. The maximum Gasteiger partial charge on any atom is 0.290 e. The van der Waals surface area contributed by atoms with Crippen LogP contribution in [0.15, 0.2) is 91.1 Å². The van der Waals surface area contributed by atoms with Gasteiger partial charge in [0.1, 0.15) is 72.0 Å². The van der Waals surface area contributed by atoms with Gasteiger partial charge in [0.25, 0.3) is 6.47 Å². The minimum Gasteiger partial charge on any atom is -0.497 e. The Labute approximate surface area is 679 Å². The molecule has 634 valence electrons. The molecule has 5 aliphatic rings.